The second-order valence-electron chi connectivity index (χ2n) is 6.39. The van der Waals surface area contributed by atoms with E-state index in [9.17, 15) is 0 Å². The highest BCUT2D eigenvalue weighted by Crippen LogP contribution is 2.27. The molecule has 0 aromatic carbocycles. The maximum absolute atomic E-state index is 3.56. The molecule has 0 aromatic heterocycles. The van der Waals surface area contributed by atoms with Crippen molar-refractivity contribution in [3.05, 3.63) is 0 Å². The van der Waals surface area contributed by atoms with E-state index in [-0.39, 0.29) is 0 Å². The van der Waals surface area contributed by atoms with Crippen LogP contribution in [0.2, 0.25) is 0 Å². The summed E-state index contributed by atoms with van der Waals surface area (Å²) >= 11 is 0. The van der Waals surface area contributed by atoms with Gasteiger partial charge in [0.15, 0.2) is 0 Å². The van der Waals surface area contributed by atoms with Crippen LogP contribution in [0.1, 0.15) is 53.4 Å². The number of nitrogens with one attached hydrogen (secondary N) is 1. The van der Waals surface area contributed by atoms with E-state index in [1.165, 1.54) is 58.4 Å². The molecule has 0 aliphatic heterocycles. The molecule has 1 fully saturated rings. The monoisotopic (exact) mass is 283 g/mol. The summed E-state index contributed by atoms with van der Waals surface area (Å²) < 4.78 is 0. The lowest BCUT2D eigenvalue weighted by atomic mass is 9.82. The van der Waals surface area contributed by atoms with E-state index >= 15 is 0 Å². The molecule has 1 aliphatic rings. The zero-order valence-corrected chi connectivity index (χ0v) is 14.5. The highest BCUT2D eigenvalue weighted by Gasteiger charge is 2.31. The fourth-order valence-electron chi connectivity index (χ4n) is 3.69. The average Bonchev–Trinajstić information content (AvgIpc) is 2.47. The minimum Gasteiger partial charge on any atom is -0.315 e. The summed E-state index contributed by atoms with van der Waals surface area (Å²) in [4.78, 5) is 5.26. The van der Waals surface area contributed by atoms with E-state index in [0.717, 1.165) is 12.0 Å². The first-order valence-corrected chi connectivity index (χ1v) is 8.79. The van der Waals surface area contributed by atoms with E-state index in [1.54, 1.807) is 0 Å². The van der Waals surface area contributed by atoms with Crippen molar-refractivity contribution in [3.8, 4) is 0 Å². The second kappa shape index (κ2) is 9.75. The summed E-state index contributed by atoms with van der Waals surface area (Å²) in [6, 6.07) is 1.44. The SMILES string of the molecule is CCN(CC)CCCN(CC)C1CC(C)CCC1NC. The Bertz CT molecular complexity index is 240. The van der Waals surface area contributed by atoms with Crippen LogP contribution in [-0.2, 0) is 0 Å². The van der Waals surface area contributed by atoms with Gasteiger partial charge in [0, 0.05) is 12.1 Å². The molecule has 0 radical (unpaired) electrons. The van der Waals surface area contributed by atoms with Gasteiger partial charge in [-0.25, -0.2) is 0 Å². The summed E-state index contributed by atoms with van der Waals surface area (Å²) in [6.45, 7) is 15.3. The summed E-state index contributed by atoms with van der Waals surface area (Å²) in [6.07, 6.45) is 5.40. The minimum atomic E-state index is 0.694. The molecule has 0 spiro atoms. The molecule has 0 aromatic rings. The van der Waals surface area contributed by atoms with Crippen LogP contribution in [0.5, 0.6) is 0 Å². The van der Waals surface area contributed by atoms with Crippen LogP contribution in [0.15, 0.2) is 0 Å². The molecular formula is C17H37N3. The van der Waals surface area contributed by atoms with Crippen LogP contribution < -0.4 is 5.32 Å². The van der Waals surface area contributed by atoms with Crippen molar-refractivity contribution in [1.29, 1.82) is 0 Å². The first kappa shape index (κ1) is 17.9. The van der Waals surface area contributed by atoms with Gasteiger partial charge in [-0.1, -0.05) is 27.7 Å². The summed E-state index contributed by atoms with van der Waals surface area (Å²) in [7, 11) is 2.14. The van der Waals surface area contributed by atoms with Crippen molar-refractivity contribution in [2.75, 3.05) is 39.8 Å². The predicted octanol–water partition coefficient (Wildman–Crippen LogP) is 2.82. The molecule has 3 atom stereocenters. The summed E-state index contributed by atoms with van der Waals surface area (Å²) in [5.41, 5.74) is 0. The average molecular weight is 284 g/mol. The lowest BCUT2D eigenvalue weighted by Crippen LogP contribution is -2.52. The van der Waals surface area contributed by atoms with Crippen molar-refractivity contribution in [1.82, 2.24) is 15.1 Å². The Morgan fingerprint density at radius 3 is 2.25 bits per heavy atom. The smallest absolute Gasteiger partial charge is 0.0251 e. The van der Waals surface area contributed by atoms with Gasteiger partial charge in [-0.05, 0) is 71.4 Å². The van der Waals surface area contributed by atoms with Gasteiger partial charge in [-0.2, -0.15) is 0 Å². The Kier molecular flexibility index (Phi) is 8.74. The van der Waals surface area contributed by atoms with Crippen molar-refractivity contribution >= 4 is 0 Å². The van der Waals surface area contributed by atoms with Gasteiger partial charge in [0.1, 0.15) is 0 Å². The Hall–Kier alpha value is -0.120. The van der Waals surface area contributed by atoms with Crippen LogP contribution in [0.4, 0.5) is 0 Å². The number of hydrogen-bond acceptors (Lipinski definition) is 3. The van der Waals surface area contributed by atoms with E-state index in [0.29, 0.717) is 6.04 Å². The molecule has 1 rings (SSSR count). The highest BCUT2D eigenvalue weighted by molar-refractivity contribution is 4.89. The third kappa shape index (κ3) is 5.34. The van der Waals surface area contributed by atoms with Crippen LogP contribution in [-0.4, -0.2) is 61.7 Å². The number of hydrogen-bond donors (Lipinski definition) is 1. The fourth-order valence-corrected chi connectivity index (χ4v) is 3.69. The lowest BCUT2D eigenvalue weighted by Gasteiger charge is -2.42. The van der Waals surface area contributed by atoms with Crippen LogP contribution in [0, 0.1) is 5.92 Å². The van der Waals surface area contributed by atoms with Gasteiger partial charge in [-0.15, -0.1) is 0 Å². The van der Waals surface area contributed by atoms with Gasteiger partial charge in [-0.3, -0.25) is 4.90 Å². The molecule has 3 unspecified atom stereocenters. The standard InChI is InChI=1S/C17H37N3/c1-6-19(7-2)12-9-13-20(8-3)17-14-15(4)10-11-16(17)18-5/h15-18H,6-14H2,1-5H3. The van der Waals surface area contributed by atoms with Gasteiger partial charge in [0.05, 0.1) is 0 Å². The van der Waals surface area contributed by atoms with Gasteiger partial charge in [0.2, 0.25) is 0 Å². The lowest BCUT2D eigenvalue weighted by molar-refractivity contribution is 0.104. The molecule has 0 bridgehead atoms. The van der Waals surface area contributed by atoms with E-state index < -0.39 is 0 Å². The third-order valence-corrected chi connectivity index (χ3v) is 5.14. The summed E-state index contributed by atoms with van der Waals surface area (Å²) in [5, 5.41) is 3.56. The third-order valence-electron chi connectivity index (χ3n) is 5.14. The quantitative estimate of drug-likeness (QED) is 0.702. The first-order chi connectivity index (χ1) is 9.65. The van der Waals surface area contributed by atoms with E-state index in [2.05, 4.69) is 49.9 Å². The predicted molar refractivity (Wildman–Crippen MR) is 89.3 cm³/mol. The normalized spacial score (nSPS) is 27.4. The van der Waals surface area contributed by atoms with E-state index in [1.807, 2.05) is 0 Å². The molecule has 0 saturated heterocycles. The molecule has 1 N–H and O–H groups in total. The number of nitrogens with zero attached hydrogens (tertiary/aromatic N) is 2. The number of likely N-dealkylation sites (N-methyl/N-ethyl adjacent to an activating group) is 2. The van der Waals surface area contributed by atoms with Crippen molar-refractivity contribution in [2.45, 2.75) is 65.5 Å². The van der Waals surface area contributed by atoms with Crippen LogP contribution in [0.3, 0.4) is 0 Å². The largest absolute Gasteiger partial charge is 0.315 e. The summed E-state index contributed by atoms with van der Waals surface area (Å²) in [5.74, 6) is 0.890. The highest BCUT2D eigenvalue weighted by atomic mass is 15.2. The Balaban J connectivity index is 2.46. The molecule has 1 saturated carbocycles. The zero-order chi connectivity index (χ0) is 15.0. The van der Waals surface area contributed by atoms with Crippen molar-refractivity contribution in [2.24, 2.45) is 5.92 Å². The molecule has 20 heavy (non-hydrogen) atoms. The Labute approximate surface area is 127 Å². The van der Waals surface area contributed by atoms with Gasteiger partial charge < -0.3 is 10.2 Å². The van der Waals surface area contributed by atoms with Crippen LogP contribution in [0.25, 0.3) is 0 Å². The topological polar surface area (TPSA) is 18.5 Å². The molecule has 3 nitrogen and oxygen atoms in total. The second-order valence-corrected chi connectivity index (χ2v) is 6.39. The molecule has 0 amide bonds. The Morgan fingerprint density at radius 2 is 1.70 bits per heavy atom. The number of rotatable bonds is 9. The van der Waals surface area contributed by atoms with Crippen LogP contribution >= 0.6 is 0 Å². The molecule has 1 aliphatic carbocycles. The first-order valence-electron chi connectivity index (χ1n) is 8.79. The van der Waals surface area contributed by atoms with Crippen molar-refractivity contribution < 1.29 is 0 Å². The molecule has 120 valence electrons. The van der Waals surface area contributed by atoms with Gasteiger partial charge in [0.25, 0.3) is 0 Å². The van der Waals surface area contributed by atoms with Crippen molar-refractivity contribution in [3.63, 3.8) is 0 Å². The molecule has 3 heteroatoms. The maximum atomic E-state index is 3.56. The van der Waals surface area contributed by atoms with E-state index in [4.69, 9.17) is 0 Å². The Morgan fingerprint density at radius 1 is 1.00 bits per heavy atom. The minimum absolute atomic E-state index is 0.694. The fraction of sp³-hybridized carbons (Fsp3) is 1.00. The zero-order valence-electron chi connectivity index (χ0n) is 14.5. The molecule has 0 heterocycles. The molecular weight excluding hydrogens is 246 g/mol. The maximum Gasteiger partial charge on any atom is 0.0251 e. The van der Waals surface area contributed by atoms with Gasteiger partial charge >= 0.3 is 0 Å².